The van der Waals surface area contributed by atoms with Crippen LogP contribution in [0.2, 0.25) is 0 Å². The first kappa shape index (κ1) is 19.1. The lowest BCUT2D eigenvalue weighted by atomic mass is 10.0. The average Bonchev–Trinajstić information content (AvgIpc) is 3.10. The maximum Gasteiger partial charge on any atom is 0.240 e. The van der Waals surface area contributed by atoms with Crippen LogP contribution in [0.15, 0.2) is 47.4 Å². The number of aryl methyl sites for hydroxylation is 3. The smallest absolute Gasteiger partial charge is 0.240 e. The third kappa shape index (κ3) is 4.17. The number of hydrogen-bond donors (Lipinski definition) is 1. The van der Waals surface area contributed by atoms with E-state index in [9.17, 15) is 8.42 Å². The number of likely N-dealkylation sites (N-methyl/N-ethyl adjacent to an activating group) is 1. The fourth-order valence-electron chi connectivity index (χ4n) is 3.56. The molecule has 3 rings (SSSR count). The van der Waals surface area contributed by atoms with Crippen molar-refractivity contribution in [1.82, 2.24) is 9.62 Å². The molecule has 0 aliphatic heterocycles. The highest BCUT2D eigenvalue weighted by molar-refractivity contribution is 7.89. The van der Waals surface area contributed by atoms with Crippen molar-refractivity contribution in [2.75, 3.05) is 20.6 Å². The molecule has 1 atom stereocenters. The van der Waals surface area contributed by atoms with Gasteiger partial charge >= 0.3 is 0 Å². The Labute approximate surface area is 157 Å². The second-order valence-electron chi connectivity index (χ2n) is 7.21. The Kier molecular flexibility index (Phi) is 5.80. The van der Waals surface area contributed by atoms with Crippen LogP contribution in [-0.4, -0.2) is 34.0 Å². The Bertz CT molecular complexity index is 858. The molecule has 0 saturated carbocycles. The number of fused-ring (bicyclic) bond motifs is 1. The van der Waals surface area contributed by atoms with Crippen molar-refractivity contribution >= 4 is 10.0 Å². The Balaban J connectivity index is 1.75. The molecule has 26 heavy (non-hydrogen) atoms. The maximum atomic E-state index is 12.8. The minimum atomic E-state index is -3.51. The van der Waals surface area contributed by atoms with E-state index >= 15 is 0 Å². The van der Waals surface area contributed by atoms with E-state index in [1.165, 1.54) is 16.7 Å². The molecule has 0 fully saturated rings. The molecule has 0 radical (unpaired) electrons. The highest BCUT2D eigenvalue weighted by atomic mass is 32.2. The molecule has 5 heteroatoms. The molecule has 1 unspecified atom stereocenters. The van der Waals surface area contributed by atoms with Crippen LogP contribution in [0, 0.1) is 0 Å². The van der Waals surface area contributed by atoms with Gasteiger partial charge < -0.3 is 4.90 Å². The monoisotopic (exact) mass is 372 g/mol. The van der Waals surface area contributed by atoms with Gasteiger partial charge in [0.05, 0.1) is 4.90 Å². The Hall–Kier alpha value is -1.69. The maximum absolute atomic E-state index is 12.8. The fourth-order valence-corrected chi connectivity index (χ4v) is 4.65. The second kappa shape index (κ2) is 7.91. The summed E-state index contributed by atoms with van der Waals surface area (Å²) >= 11 is 0. The van der Waals surface area contributed by atoms with Crippen molar-refractivity contribution in [2.24, 2.45) is 0 Å². The van der Waals surface area contributed by atoms with E-state index < -0.39 is 10.0 Å². The lowest BCUT2D eigenvalue weighted by Gasteiger charge is -2.25. The van der Waals surface area contributed by atoms with Gasteiger partial charge in [-0.3, -0.25) is 0 Å². The van der Waals surface area contributed by atoms with Gasteiger partial charge in [-0.2, -0.15) is 0 Å². The zero-order valence-corrected chi connectivity index (χ0v) is 16.6. The Morgan fingerprint density at radius 2 is 1.73 bits per heavy atom. The van der Waals surface area contributed by atoms with Crippen molar-refractivity contribution in [3.05, 3.63) is 64.7 Å². The molecule has 2 aromatic rings. The van der Waals surface area contributed by atoms with Gasteiger partial charge in [0.25, 0.3) is 0 Å². The first-order valence-electron chi connectivity index (χ1n) is 9.27. The summed E-state index contributed by atoms with van der Waals surface area (Å²) in [5.74, 6) is 0. The summed E-state index contributed by atoms with van der Waals surface area (Å²) in [5.41, 5.74) is 4.85. The molecule has 1 aliphatic rings. The quantitative estimate of drug-likeness (QED) is 0.811. The second-order valence-corrected chi connectivity index (χ2v) is 8.98. The standard InChI is InChI=1S/C21H28N2O2S/c1-4-16-8-10-18(11-9-16)21(23(2)3)15-22-26(24,25)20-13-12-17-6-5-7-19(17)14-20/h8-14,21-22H,4-7,15H2,1-3H3. The molecular formula is C21H28N2O2S. The largest absolute Gasteiger partial charge is 0.301 e. The van der Waals surface area contributed by atoms with Gasteiger partial charge in [0.15, 0.2) is 0 Å². The molecule has 0 aromatic heterocycles. The van der Waals surface area contributed by atoms with Gasteiger partial charge in [-0.1, -0.05) is 37.3 Å². The summed E-state index contributed by atoms with van der Waals surface area (Å²) in [6.45, 7) is 2.47. The molecule has 0 amide bonds. The van der Waals surface area contributed by atoms with Crippen molar-refractivity contribution in [3.8, 4) is 0 Å². The number of rotatable bonds is 7. The highest BCUT2D eigenvalue weighted by Gasteiger charge is 2.21. The molecule has 0 heterocycles. The van der Waals surface area contributed by atoms with Crippen molar-refractivity contribution in [3.63, 3.8) is 0 Å². The number of nitrogens with one attached hydrogen (secondary N) is 1. The summed E-state index contributed by atoms with van der Waals surface area (Å²) in [6, 6.07) is 13.9. The Morgan fingerprint density at radius 1 is 1.04 bits per heavy atom. The lowest BCUT2D eigenvalue weighted by molar-refractivity contribution is 0.299. The average molecular weight is 373 g/mol. The number of hydrogen-bond acceptors (Lipinski definition) is 3. The topological polar surface area (TPSA) is 49.4 Å². The molecule has 4 nitrogen and oxygen atoms in total. The van der Waals surface area contributed by atoms with Crippen molar-refractivity contribution < 1.29 is 8.42 Å². The molecule has 0 saturated heterocycles. The first-order chi connectivity index (χ1) is 12.4. The zero-order valence-electron chi connectivity index (χ0n) is 15.8. The number of nitrogens with zero attached hydrogens (tertiary/aromatic N) is 1. The summed E-state index contributed by atoms with van der Waals surface area (Å²) in [7, 11) is 0.441. The van der Waals surface area contributed by atoms with Crippen LogP contribution in [-0.2, 0) is 29.3 Å². The summed E-state index contributed by atoms with van der Waals surface area (Å²) in [5, 5.41) is 0. The lowest BCUT2D eigenvalue weighted by Crippen LogP contribution is -2.34. The van der Waals surface area contributed by atoms with E-state index in [1.807, 2.05) is 31.1 Å². The predicted octanol–water partition coefficient (Wildman–Crippen LogP) is 3.32. The van der Waals surface area contributed by atoms with E-state index in [1.54, 1.807) is 6.07 Å². The van der Waals surface area contributed by atoms with Crippen molar-refractivity contribution in [2.45, 2.75) is 43.5 Å². The highest BCUT2D eigenvalue weighted by Crippen LogP contribution is 2.25. The normalized spacial score (nSPS) is 15.2. The third-order valence-electron chi connectivity index (χ3n) is 5.24. The van der Waals surface area contributed by atoms with Crippen LogP contribution in [0.25, 0.3) is 0 Å². The Morgan fingerprint density at radius 3 is 2.38 bits per heavy atom. The molecular weight excluding hydrogens is 344 g/mol. The fraction of sp³-hybridized carbons (Fsp3) is 0.429. The van der Waals surface area contributed by atoms with Crippen molar-refractivity contribution in [1.29, 1.82) is 0 Å². The first-order valence-corrected chi connectivity index (χ1v) is 10.8. The summed E-state index contributed by atoms with van der Waals surface area (Å²) in [4.78, 5) is 2.42. The van der Waals surface area contributed by atoms with Gasteiger partial charge in [-0.15, -0.1) is 0 Å². The summed E-state index contributed by atoms with van der Waals surface area (Å²) in [6.07, 6.45) is 4.14. The van der Waals surface area contributed by atoms with Gasteiger partial charge in [0, 0.05) is 12.6 Å². The predicted molar refractivity (Wildman–Crippen MR) is 106 cm³/mol. The van der Waals surface area contributed by atoms with Crippen LogP contribution in [0.5, 0.6) is 0 Å². The molecule has 1 aliphatic carbocycles. The third-order valence-corrected chi connectivity index (χ3v) is 6.66. The molecule has 0 spiro atoms. The molecule has 2 aromatic carbocycles. The van der Waals surface area contributed by atoms with Crippen LogP contribution in [0.1, 0.15) is 41.6 Å². The SMILES string of the molecule is CCc1ccc(C(CNS(=O)(=O)c2ccc3c(c2)CCC3)N(C)C)cc1. The van der Waals surface area contributed by atoms with E-state index in [0.717, 1.165) is 31.2 Å². The van der Waals surface area contributed by atoms with Gasteiger partial charge in [0.2, 0.25) is 10.0 Å². The van der Waals surface area contributed by atoms with E-state index in [0.29, 0.717) is 11.4 Å². The zero-order chi connectivity index (χ0) is 18.7. The van der Waals surface area contributed by atoms with E-state index in [4.69, 9.17) is 0 Å². The van der Waals surface area contributed by atoms with Crippen LogP contribution < -0.4 is 4.72 Å². The van der Waals surface area contributed by atoms with E-state index in [2.05, 4.69) is 35.9 Å². The minimum absolute atomic E-state index is 0.00916. The minimum Gasteiger partial charge on any atom is -0.301 e. The van der Waals surface area contributed by atoms with Crippen LogP contribution in [0.4, 0.5) is 0 Å². The van der Waals surface area contributed by atoms with Crippen LogP contribution >= 0.6 is 0 Å². The number of sulfonamides is 1. The van der Waals surface area contributed by atoms with Gasteiger partial charge in [-0.05, 0) is 74.2 Å². The van der Waals surface area contributed by atoms with Crippen LogP contribution in [0.3, 0.4) is 0 Å². The molecule has 140 valence electrons. The molecule has 0 bridgehead atoms. The molecule has 1 N–H and O–H groups in total. The summed E-state index contributed by atoms with van der Waals surface area (Å²) < 4.78 is 28.3. The number of benzene rings is 2. The van der Waals surface area contributed by atoms with Gasteiger partial charge in [0.1, 0.15) is 0 Å². The van der Waals surface area contributed by atoms with Gasteiger partial charge in [-0.25, -0.2) is 13.1 Å². The van der Waals surface area contributed by atoms with E-state index in [-0.39, 0.29) is 6.04 Å².